The first-order chi connectivity index (χ1) is 13.3. The van der Waals surface area contributed by atoms with Crippen molar-refractivity contribution in [2.45, 2.75) is 56.5 Å². The summed E-state index contributed by atoms with van der Waals surface area (Å²) in [6.07, 6.45) is 6.31. The van der Waals surface area contributed by atoms with Crippen LogP contribution in [0.3, 0.4) is 0 Å². The molecule has 0 bridgehead atoms. The zero-order valence-corrected chi connectivity index (χ0v) is 17.1. The highest BCUT2D eigenvalue weighted by molar-refractivity contribution is 7.90. The SMILES string of the molecule is Cc1ccc(C(=O)N(Cc2ccc(F)cc2)C2CCCCC2)cc1S(C)(=O)=O. The quantitative estimate of drug-likeness (QED) is 0.738. The molecular weight excluding hydrogens is 377 g/mol. The van der Waals surface area contributed by atoms with Gasteiger partial charge in [0, 0.05) is 24.4 Å². The van der Waals surface area contributed by atoms with Gasteiger partial charge in [-0.15, -0.1) is 0 Å². The lowest BCUT2D eigenvalue weighted by Crippen LogP contribution is -2.41. The molecule has 1 fully saturated rings. The van der Waals surface area contributed by atoms with Crippen molar-refractivity contribution in [2.24, 2.45) is 0 Å². The number of carbonyl (C=O) groups excluding carboxylic acids is 1. The van der Waals surface area contributed by atoms with Gasteiger partial charge in [0.05, 0.1) is 4.90 Å². The van der Waals surface area contributed by atoms with Gasteiger partial charge in [0.15, 0.2) is 9.84 Å². The summed E-state index contributed by atoms with van der Waals surface area (Å²) in [5.41, 5.74) is 1.86. The minimum atomic E-state index is -3.42. The molecule has 3 rings (SSSR count). The van der Waals surface area contributed by atoms with E-state index < -0.39 is 9.84 Å². The molecule has 0 aromatic heterocycles. The van der Waals surface area contributed by atoms with Crippen LogP contribution in [0.5, 0.6) is 0 Å². The molecule has 28 heavy (non-hydrogen) atoms. The van der Waals surface area contributed by atoms with E-state index in [1.807, 2.05) is 4.90 Å². The summed E-state index contributed by atoms with van der Waals surface area (Å²) in [7, 11) is -3.42. The Balaban J connectivity index is 1.95. The van der Waals surface area contributed by atoms with Crippen molar-refractivity contribution >= 4 is 15.7 Å². The Morgan fingerprint density at radius 1 is 1.07 bits per heavy atom. The maximum absolute atomic E-state index is 13.4. The van der Waals surface area contributed by atoms with E-state index in [0.29, 0.717) is 17.7 Å². The molecule has 0 unspecified atom stereocenters. The molecule has 1 amide bonds. The van der Waals surface area contributed by atoms with Crippen LogP contribution >= 0.6 is 0 Å². The summed E-state index contributed by atoms with van der Waals surface area (Å²) in [5, 5.41) is 0. The van der Waals surface area contributed by atoms with E-state index in [-0.39, 0.29) is 22.7 Å². The van der Waals surface area contributed by atoms with Gasteiger partial charge in [0.1, 0.15) is 5.82 Å². The summed E-state index contributed by atoms with van der Waals surface area (Å²) in [6.45, 7) is 2.11. The fraction of sp³-hybridized carbons (Fsp3) is 0.409. The summed E-state index contributed by atoms with van der Waals surface area (Å²) in [5.74, 6) is -0.489. The van der Waals surface area contributed by atoms with Crippen molar-refractivity contribution in [3.05, 3.63) is 65.0 Å². The van der Waals surface area contributed by atoms with E-state index in [2.05, 4.69) is 0 Å². The number of rotatable bonds is 5. The van der Waals surface area contributed by atoms with Crippen LogP contribution in [0.25, 0.3) is 0 Å². The van der Waals surface area contributed by atoms with Crippen molar-refractivity contribution in [3.63, 3.8) is 0 Å². The highest BCUT2D eigenvalue weighted by Gasteiger charge is 2.27. The second-order valence-electron chi connectivity index (χ2n) is 7.60. The van der Waals surface area contributed by atoms with Crippen molar-refractivity contribution < 1.29 is 17.6 Å². The van der Waals surface area contributed by atoms with Crippen LogP contribution in [0.15, 0.2) is 47.4 Å². The number of hydrogen-bond donors (Lipinski definition) is 0. The largest absolute Gasteiger partial charge is 0.331 e. The zero-order chi connectivity index (χ0) is 20.3. The topological polar surface area (TPSA) is 54.5 Å². The van der Waals surface area contributed by atoms with E-state index in [1.165, 1.54) is 18.2 Å². The minimum absolute atomic E-state index is 0.106. The first-order valence-corrected chi connectivity index (χ1v) is 11.5. The summed E-state index contributed by atoms with van der Waals surface area (Å²) < 4.78 is 37.4. The number of aryl methyl sites for hydroxylation is 1. The highest BCUT2D eigenvalue weighted by Crippen LogP contribution is 2.27. The third kappa shape index (κ3) is 4.79. The van der Waals surface area contributed by atoms with E-state index in [1.54, 1.807) is 31.2 Å². The molecule has 0 aliphatic heterocycles. The van der Waals surface area contributed by atoms with Crippen LogP contribution in [0.2, 0.25) is 0 Å². The first-order valence-electron chi connectivity index (χ1n) is 9.62. The number of hydrogen-bond acceptors (Lipinski definition) is 3. The molecule has 0 radical (unpaired) electrons. The Morgan fingerprint density at radius 2 is 1.71 bits per heavy atom. The first kappa shape index (κ1) is 20.5. The number of carbonyl (C=O) groups is 1. The maximum atomic E-state index is 13.4. The van der Waals surface area contributed by atoms with E-state index in [0.717, 1.165) is 43.9 Å². The van der Waals surface area contributed by atoms with Gasteiger partial charge in [0.25, 0.3) is 5.91 Å². The molecule has 2 aromatic carbocycles. The van der Waals surface area contributed by atoms with Crippen LogP contribution in [0.4, 0.5) is 4.39 Å². The monoisotopic (exact) mass is 403 g/mol. The van der Waals surface area contributed by atoms with Crippen LogP contribution in [0.1, 0.15) is 53.6 Å². The molecule has 0 atom stereocenters. The molecule has 4 nitrogen and oxygen atoms in total. The standard InChI is InChI=1S/C22H26FNO3S/c1-16-8-11-18(14-21(16)28(2,26)27)22(25)24(20-6-4-3-5-7-20)15-17-9-12-19(23)13-10-17/h8-14,20H,3-7,15H2,1-2H3. The molecule has 2 aromatic rings. The summed E-state index contributed by atoms with van der Waals surface area (Å²) in [6, 6.07) is 11.1. The number of amides is 1. The van der Waals surface area contributed by atoms with Gasteiger partial charge in [-0.3, -0.25) is 4.79 Å². The molecule has 0 spiro atoms. The highest BCUT2D eigenvalue weighted by atomic mass is 32.2. The van der Waals surface area contributed by atoms with Crippen LogP contribution in [-0.2, 0) is 16.4 Å². The predicted octanol–water partition coefficient (Wildman–Crippen LogP) is 4.51. The van der Waals surface area contributed by atoms with Crippen molar-refractivity contribution in [2.75, 3.05) is 6.26 Å². The van der Waals surface area contributed by atoms with Crippen molar-refractivity contribution in [3.8, 4) is 0 Å². The van der Waals surface area contributed by atoms with Gasteiger partial charge in [-0.05, 0) is 55.2 Å². The van der Waals surface area contributed by atoms with Crippen LogP contribution in [0, 0.1) is 12.7 Å². The average molecular weight is 404 g/mol. The third-order valence-electron chi connectivity index (χ3n) is 5.38. The zero-order valence-electron chi connectivity index (χ0n) is 16.3. The molecule has 0 heterocycles. The van der Waals surface area contributed by atoms with E-state index in [4.69, 9.17) is 0 Å². The fourth-order valence-corrected chi connectivity index (χ4v) is 4.84. The lowest BCUT2D eigenvalue weighted by Gasteiger charge is -2.34. The lowest BCUT2D eigenvalue weighted by molar-refractivity contribution is 0.0614. The molecule has 150 valence electrons. The molecule has 1 aliphatic rings. The maximum Gasteiger partial charge on any atom is 0.254 e. The van der Waals surface area contributed by atoms with Gasteiger partial charge >= 0.3 is 0 Å². The number of sulfone groups is 1. The van der Waals surface area contributed by atoms with Crippen molar-refractivity contribution in [1.82, 2.24) is 4.90 Å². The van der Waals surface area contributed by atoms with Gasteiger partial charge in [0.2, 0.25) is 0 Å². The number of benzene rings is 2. The second kappa shape index (κ2) is 8.43. The second-order valence-corrected chi connectivity index (χ2v) is 9.59. The normalized spacial score (nSPS) is 15.4. The van der Waals surface area contributed by atoms with Crippen LogP contribution in [-0.4, -0.2) is 31.5 Å². The molecule has 0 saturated heterocycles. The van der Waals surface area contributed by atoms with Gasteiger partial charge in [-0.1, -0.05) is 37.5 Å². The fourth-order valence-electron chi connectivity index (χ4n) is 3.84. The predicted molar refractivity (Wildman–Crippen MR) is 107 cm³/mol. The smallest absolute Gasteiger partial charge is 0.254 e. The Kier molecular flexibility index (Phi) is 6.18. The van der Waals surface area contributed by atoms with Crippen LogP contribution < -0.4 is 0 Å². The average Bonchev–Trinajstić information content (AvgIpc) is 2.67. The summed E-state index contributed by atoms with van der Waals surface area (Å²) in [4.78, 5) is 15.4. The van der Waals surface area contributed by atoms with Gasteiger partial charge < -0.3 is 4.90 Å². The molecule has 6 heteroatoms. The minimum Gasteiger partial charge on any atom is -0.331 e. The molecule has 0 N–H and O–H groups in total. The molecule has 1 aliphatic carbocycles. The number of nitrogens with zero attached hydrogens (tertiary/aromatic N) is 1. The van der Waals surface area contributed by atoms with Gasteiger partial charge in [-0.2, -0.15) is 0 Å². The Bertz CT molecular complexity index is 948. The van der Waals surface area contributed by atoms with E-state index >= 15 is 0 Å². The summed E-state index contributed by atoms with van der Waals surface area (Å²) >= 11 is 0. The van der Waals surface area contributed by atoms with E-state index in [9.17, 15) is 17.6 Å². The molecule has 1 saturated carbocycles. The number of halogens is 1. The Hall–Kier alpha value is -2.21. The molecular formula is C22H26FNO3S. The lowest BCUT2D eigenvalue weighted by atomic mass is 9.93. The Labute approximate surface area is 166 Å². The van der Waals surface area contributed by atoms with Crippen molar-refractivity contribution in [1.29, 1.82) is 0 Å². The van der Waals surface area contributed by atoms with Gasteiger partial charge in [-0.25, -0.2) is 12.8 Å². The Morgan fingerprint density at radius 3 is 2.32 bits per heavy atom. The third-order valence-corrected chi connectivity index (χ3v) is 6.62.